The lowest BCUT2D eigenvalue weighted by molar-refractivity contribution is -0.00465. The van der Waals surface area contributed by atoms with E-state index in [1.165, 1.54) is 6.07 Å². The summed E-state index contributed by atoms with van der Waals surface area (Å²) in [5.41, 5.74) is 3.20. The summed E-state index contributed by atoms with van der Waals surface area (Å²) < 4.78 is 20.8. The van der Waals surface area contributed by atoms with Gasteiger partial charge in [0.1, 0.15) is 17.3 Å². The van der Waals surface area contributed by atoms with Crippen LogP contribution in [0.4, 0.5) is 20.7 Å². The van der Waals surface area contributed by atoms with Crippen LogP contribution in [0, 0.1) is 12.7 Å². The van der Waals surface area contributed by atoms with Crippen LogP contribution in [-0.2, 0) is 4.74 Å². The number of rotatable bonds is 4. The number of ether oxygens (including phenoxy) is 1. The summed E-state index contributed by atoms with van der Waals surface area (Å²) in [7, 11) is 1.65. The molecule has 2 aliphatic rings. The van der Waals surface area contributed by atoms with Gasteiger partial charge in [-0.1, -0.05) is 6.07 Å². The third-order valence-corrected chi connectivity index (χ3v) is 6.21. The Morgan fingerprint density at radius 1 is 1.29 bits per heavy atom. The molecule has 5 rings (SSSR count). The van der Waals surface area contributed by atoms with Gasteiger partial charge in [-0.3, -0.25) is 0 Å². The molecule has 1 aromatic carbocycles. The van der Waals surface area contributed by atoms with Crippen LogP contribution in [0.2, 0.25) is 0 Å². The molecule has 0 spiro atoms. The van der Waals surface area contributed by atoms with Crippen molar-refractivity contribution in [2.75, 3.05) is 37.0 Å². The molecule has 0 aliphatic carbocycles. The second-order valence-electron chi connectivity index (χ2n) is 8.16. The molecule has 2 aromatic heterocycles. The predicted molar refractivity (Wildman–Crippen MR) is 115 cm³/mol. The van der Waals surface area contributed by atoms with Crippen LogP contribution in [0.1, 0.15) is 30.0 Å². The summed E-state index contributed by atoms with van der Waals surface area (Å²) in [6.45, 7) is 3.99. The molecule has 3 aromatic rings. The van der Waals surface area contributed by atoms with E-state index in [0.29, 0.717) is 24.4 Å². The van der Waals surface area contributed by atoms with Gasteiger partial charge in [-0.2, -0.15) is 5.10 Å². The van der Waals surface area contributed by atoms with E-state index in [9.17, 15) is 9.18 Å². The van der Waals surface area contributed by atoms with Crippen molar-refractivity contribution < 1.29 is 13.9 Å². The Labute approximate surface area is 179 Å². The normalized spacial score (nSPS) is 19.1. The van der Waals surface area contributed by atoms with Crippen molar-refractivity contribution in [3.05, 3.63) is 53.6 Å². The number of aromatic nitrogens is 3. The van der Waals surface area contributed by atoms with Gasteiger partial charge >= 0.3 is 6.03 Å². The molecule has 1 unspecified atom stereocenters. The summed E-state index contributed by atoms with van der Waals surface area (Å²) >= 11 is 0. The summed E-state index contributed by atoms with van der Waals surface area (Å²) in [6, 6.07) is 6.74. The average Bonchev–Trinajstić information content (AvgIpc) is 3.36. The first kappa shape index (κ1) is 19.7. The largest absolute Gasteiger partial charge is 0.378 e. The van der Waals surface area contributed by atoms with Gasteiger partial charge in [0.2, 0.25) is 0 Å². The lowest BCUT2D eigenvalue weighted by Gasteiger charge is -2.37. The number of carbonyl (C=O) groups is 1. The van der Waals surface area contributed by atoms with Crippen LogP contribution in [0.3, 0.4) is 0 Å². The first-order valence-corrected chi connectivity index (χ1v) is 10.5. The number of hydrogen-bond donors (Lipinski definition) is 1. The molecule has 0 saturated carbocycles. The predicted octanol–water partition coefficient (Wildman–Crippen LogP) is 3.38. The van der Waals surface area contributed by atoms with Crippen LogP contribution < -0.4 is 10.2 Å². The maximum absolute atomic E-state index is 13.9. The SMILES string of the molecule is COC1CN(C(=O)Nc2cnn3ccc(N4CCCC4c4cc(F)ccc4C)nc23)C1. The first-order chi connectivity index (χ1) is 15.0. The molecular weight excluding hydrogens is 399 g/mol. The highest BCUT2D eigenvalue weighted by Crippen LogP contribution is 2.37. The lowest BCUT2D eigenvalue weighted by Crippen LogP contribution is -2.55. The van der Waals surface area contributed by atoms with Crippen molar-refractivity contribution in [2.45, 2.75) is 31.9 Å². The number of nitrogens with zero attached hydrogens (tertiary/aromatic N) is 5. The molecular formula is C22H25FN6O2. The zero-order valence-electron chi connectivity index (χ0n) is 17.6. The van der Waals surface area contributed by atoms with Gasteiger partial charge in [-0.15, -0.1) is 0 Å². The quantitative estimate of drug-likeness (QED) is 0.695. The van der Waals surface area contributed by atoms with Crippen LogP contribution in [0.25, 0.3) is 5.65 Å². The molecule has 2 aliphatic heterocycles. The Bertz CT molecular complexity index is 1130. The summed E-state index contributed by atoms with van der Waals surface area (Å²) in [5, 5.41) is 7.21. The van der Waals surface area contributed by atoms with Crippen LogP contribution in [0.15, 0.2) is 36.7 Å². The molecule has 0 bridgehead atoms. The molecule has 8 nitrogen and oxygen atoms in total. The molecule has 0 radical (unpaired) electrons. The highest BCUT2D eigenvalue weighted by Gasteiger charge is 2.32. The second-order valence-corrected chi connectivity index (χ2v) is 8.16. The highest BCUT2D eigenvalue weighted by molar-refractivity contribution is 5.93. The third-order valence-electron chi connectivity index (χ3n) is 6.21. The average molecular weight is 424 g/mol. The van der Waals surface area contributed by atoms with E-state index in [0.717, 1.165) is 36.3 Å². The van der Waals surface area contributed by atoms with Crippen molar-refractivity contribution in [3.63, 3.8) is 0 Å². The van der Waals surface area contributed by atoms with E-state index < -0.39 is 0 Å². The van der Waals surface area contributed by atoms with Crippen molar-refractivity contribution >= 4 is 23.2 Å². The number of fused-ring (bicyclic) bond motifs is 1. The number of aryl methyl sites for hydroxylation is 1. The summed E-state index contributed by atoms with van der Waals surface area (Å²) in [4.78, 5) is 21.2. The second kappa shape index (κ2) is 7.81. The fourth-order valence-corrected chi connectivity index (χ4v) is 4.39. The lowest BCUT2D eigenvalue weighted by atomic mass is 9.99. The fourth-order valence-electron chi connectivity index (χ4n) is 4.39. The van der Waals surface area contributed by atoms with Crippen LogP contribution in [-0.4, -0.2) is 58.4 Å². The van der Waals surface area contributed by atoms with Gasteiger partial charge < -0.3 is 19.9 Å². The smallest absolute Gasteiger partial charge is 0.322 e. The highest BCUT2D eigenvalue weighted by atomic mass is 19.1. The van der Waals surface area contributed by atoms with E-state index in [1.54, 1.807) is 28.8 Å². The third kappa shape index (κ3) is 3.59. The number of hydrogen-bond acceptors (Lipinski definition) is 5. The Morgan fingerprint density at radius 3 is 2.94 bits per heavy atom. The number of anilines is 2. The number of benzene rings is 1. The van der Waals surface area contributed by atoms with E-state index in [-0.39, 0.29) is 24.0 Å². The van der Waals surface area contributed by atoms with Gasteiger partial charge in [0.25, 0.3) is 0 Å². The fraction of sp³-hybridized carbons (Fsp3) is 0.409. The number of amides is 2. The van der Waals surface area contributed by atoms with Crippen molar-refractivity contribution in [2.24, 2.45) is 0 Å². The maximum Gasteiger partial charge on any atom is 0.322 e. The van der Waals surface area contributed by atoms with Crippen LogP contribution >= 0.6 is 0 Å². The van der Waals surface area contributed by atoms with E-state index in [2.05, 4.69) is 15.3 Å². The molecule has 2 saturated heterocycles. The number of likely N-dealkylation sites (tertiary alicyclic amines) is 1. The minimum atomic E-state index is -0.224. The van der Waals surface area contributed by atoms with Gasteiger partial charge in [-0.25, -0.2) is 18.7 Å². The van der Waals surface area contributed by atoms with Crippen molar-refractivity contribution in [3.8, 4) is 0 Å². The van der Waals surface area contributed by atoms with Gasteiger partial charge in [0, 0.05) is 19.9 Å². The number of urea groups is 1. The molecule has 1 N–H and O–H groups in total. The maximum atomic E-state index is 13.9. The zero-order chi connectivity index (χ0) is 21.5. The van der Waals surface area contributed by atoms with Crippen molar-refractivity contribution in [1.29, 1.82) is 0 Å². The molecule has 4 heterocycles. The van der Waals surface area contributed by atoms with Gasteiger partial charge in [0.15, 0.2) is 5.65 Å². The summed E-state index contributed by atoms with van der Waals surface area (Å²) in [5.74, 6) is 0.566. The standard InChI is InChI=1S/C22H25FN6O2/c1-14-5-6-15(23)10-17(14)19-4-3-8-28(19)20-7-9-29-21(26-20)18(11-24-29)25-22(30)27-12-16(13-27)31-2/h5-7,9-11,16,19H,3-4,8,12-13H2,1-2H3,(H,25,30). The first-order valence-electron chi connectivity index (χ1n) is 10.5. The number of methoxy groups -OCH3 is 1. The molecule has 31 heavy (non-hydrogen) atoms. The molecule has 1 atom stereocenters. The minimum Gasteiger partial charge on any atom is -0.378 e. The van der Waals surface area contributed by atoms with Gasteiger partial charge in [-0.05, 0) is 49.1 Å². The number of carbonyl (C=O) groups excluding carboxylic acids is 1. The van der Waals surface area contributed by atoms with E-state index in [4.69, 9.17) is 9.72 Å². The Kier molecular flexibility index (Phi) is 4.97. The van der Waals surface area contributed by atoms with Gasteiger partial charge in [0.05, 0.1) is 31.4 Å². The summed E-state index contributed by atoms with van der Waals surface area (Å²) in [6.07, 6.45) is 5.49. The number of nitrogens with one attached hydrogen (secondary N) is 1. The molecule has 9 heteroatoms. The van der Waals surface area contributed by atoms with Crippen LogP contribution in [0.5, 0.6) is 0 Å². The van der Waals surface area contributed by atoms with E-state index in [1.807, 2.05) is 25.3 Å². The number of halogens is 1. The Hall–Kier alpha value is -3.20. The Balaban J connectivity index is 1.41. The minimum absolute atomic E-state index is 0.0682. The zero-order valence-corrected chi connectivity index (χ0v) is 17.6. The molecule has 2 fully saturated rings. The Morgan fingerprint density at radius 2 is 2.13 bits per heavy atom. The topological polar surface area (TPSA) is 75.0 Å². The van der Waals surface area contributed by atoms with E-state index >= 15 is 0 Å². The molecule has 2 amide bonds. The molecule has 162 valence electrons. The monoisotopic (exact) mass is 424 g/mol. The van der Waals surface area contributed by atoms with Crippen molar-refractivity contribution in [1.82, 2.24) is 19.5 Å².